The highest BCUT2D eigenvalue weighted by molar-refractivity contribution is 6.12. The predicted molar refractivity (Wildman–Crippen MR) is 80.5 cm³/mol. The van der Waals surface area contributed by atoms with E-state index in [9.17, 15) is 4.79 Å². The van der Waals surface area contributed by atoms with Gasteiger partial charge in [0, 0.05) is 6.07 Å². The number of ether oxygens (including phenoxy) is 2. The molecule has 0 fully saturated rings. The van der Waals surface area contributed by atoms with Crippen LogP contribution < -0.4 is 9.47 Å². The summed E-state index contributed by atoms with van der Waals surface area (Å²) in [6, 6.07) is 15.3. The molecule has 3 heteroatoms. The SMILES string of the molecule is CC(C)=C1Oc2cc(OCc3ccccc3)ccc2C1=O. The highest BCUT2D eigenvalue weighted by Crippen LogP contribution is 2.35. The van der Waals surface area contributed by atoms with Crippen LogP contribution in [0.25, 0.3) is 0 Å². The van der Waals surface area contributed by atoms with Crippen LogP contribution in [0.4, 0.5) is 0 Å². The molecule has 0 bridgehead atoms. The third-order valence-corrected chi connectivity index (χ3v) is 3.32. The minimum absolute atomic E-state index is 0.0559. The largest absolute Gasteiger partial charge is 0.489 e. The maximum Gasteiger partial charge on any atom is 0.231 e. The Morgan fingerprint density at radius 1 is 1.10 bits per heavy atom. The van der Waals surface area contributed by atoms with Gasteiger partial charge in [0.25, 0.3) is 0 Å². The molecule has 21 heavy (non-hydrogen) atoms. The predicted octanol–water partition coefficient (Wildman–Crippen LogP) is 4.13. The Morgan fingerprint density at radius 3 is 2.57 bits per heavy atom. The Kier molecular flexibility index (Phi) is 3.48. The first-order valence-electron chi connectivity index (χ1n) is 6.86. The van der Waals surface area contributed by atoms with Crippen LogP contribution in [0, 0.1) is 0 Å². The van der Waals surface area contributed by atoms with Gasteiger partial charge in [-0.15, -0.1) is 0 Å². The average molecular weight is 280 g/mol. The lowest BCUT2D eigenvalue weighted by Crippen LogP contribution is -2.00. The molecular weight excluding hydrogens is 264 g/mol. The monoisotopic (exact) mass is 280 g/mol. The fraction of sp³-hybridized carbons (Fsp3) is 0.167. The first-order chi connectivity index (χ1) is 10.1. The van der Waals surface area contributed by atoms with Crippen molar-refractivity contribution in [3.8, 4) is 11.5 Å². The van der Waals surface area contributed by atoms with Crippen molar-refractivity contribution >= 4 is 5.78 Å². The molecule has 1 aliphatic rings. The summed E-state index contributed by atoms with van der Waals surface area (Å²) >= 11 is 0. The van der Waals surface area contributed by atoms with Crippen LogP contribution in [0.2, 0.25) is 0 Å². The molecule has 1 aliphatic heterocycles. The number of carbonyl (C=O) groups is 1. The smallest absolute Gasteiger partial charge is 0.231 e. The van der Waals surface area contributed by atoms with E-state index in [1.54, 1.807) is 18.2 Å². The van der Waals surface area contributed by atoms with E-state index in [2.05, 4.69) is 0 Å². The molecule has 3 rings (SSSR count). The molecule has 0 unspecified atom stereocenters. The molecule has 0 saturated heterocycles. The Hall–Kier alpha value is -2.55. The minimum atomic E-state index is -0.0559. The summed E-state index contributed by atoms with van der Waals surface area (Å²) in [5, 5.41) is 0. The number of hydrogen-bond acceptors (Lipinski definition) is 3. The van der Waals surface area contributed by atoms with Gasteiger partial charge < -0.3 is 9.47 Å². The minimum Gasteiger partial charge on any atom is -0.489 e. The number of ketones is 1. The van der Waals surface area contributed by atoms with E-state index in [0.717, 1.165) is 11.1 Å². The normalized spacial score (nSPS) is 12.9. The van der Waals surface area contributed by atoms with Crippen molar-refractivity contribution in [1.82, 2.24) is 0 Å². The molecule has 0 saturated carbocycles. The van der Waals surface area contributed by atoms with Gasteiger partial charge in [0.05, 0.1) is 5.56 Å². The van der Waals surface area contributed by atoms with Gasteiger partial charge in [-0.2, -0.15) is 0 Å². The van der Waals surface area contributed by atoms with Gasteiger partial charge in [-0.25, -0.2) is 0 Å². The number of carbonyl (C=O) groups excluding carboxylic acids is 1. The van der Waals surface area contributed by atoms with E-state index in [1.807, 2.05) is 44.2 Å². The molecule has 2 aromatic rings. The van der Waals surface area contributed by atoms with Crippen molar-refractivity contribution in [3.63, 3.8) is 0 Å². The van der Waals surface area contributed by atoms with E-state index in [1.165, 1.54) is 0 Å². The molecule has 0 N–H and O–H groups in total. The Labute approximate surface area is 123 Å². The molecule has 106 valence electrons. The van der Waals surface area contributed by atoms with Crippen molar-refractivity contribution in [2.75, 3.05) is 0 Å². The molecule has 0 aliphatic carbocycles. The summed E-state index contributed by atoms with van der Waals surface area (Å²) in [6.45, 7) is 4.22. The molecule has 0 atom stereocenters. The Bertz CT molecular complexity index is 710. The molecular formula is C18H16O3. The van der Waals surface area contributed by atoms with Crippen LogP contribution in [-0.4, -0.2) is 5.78 Å². The van der Waals surface area contributed by atoms with Gasteiger partial charge in [0.15, 0.2) is 5.76 Å². The topological polar surface area (TPSA) is 35.5 Å². The second-order valence-electron chi connectivity index (χ2n) is 5.19. The molecule has 0 aromatic heterocycles. The average Bonchev–Trinajstić information content (AvgIpc) is 2.83. The second kappa shape index (κ2) is 5.44. The van der Waals surface area contributed by atoms with E-state index < -0.39 is 0 Å². The number of benzene rings is 2. The van der Waals surface area contributed by atoms with Crippen molar-refractivity contribution in [1.29, 1.82) is 0 Å². The highest BCUT2D eigenvalue weighted by Gasteiger charge is 2.28. The molecule has 0 spiro atoms. The van der Waals surface area contributed by atoms with Crippen molar-refractivity contribution in [3.05, 3.63) is 71.0 Å². The zero-order chi connectivity index (χ0) is 14.8. The lowest BCUT2D eigenvalue weighted by atomic mass is 10.1. The number of allylic oxidation sites excluding steroid dienone is 2. The van der Waals surface area contributed by atoms with Crippen LogP contribution in [0.1, 0.15) is 29.8 Å². The summed E-state index contributed by atoms with van der Waals surface area (Å²) in [5.41, 5.74) is 2.57. The molecule has 2 aromatic carbocycles. The second-order valence-corrected chi connectivity index (χ2v) is 5.19. The zero-order valence-corrected chi connectivity index (χ0v) is 12.1. The van der Waals surface area contributed by atoms with Gasteiger partial charge in [-0.1, -0.05) is 30.3 Å². The number of fused-ring (bicyclic) bond motifs is 1. The lowest BCUT2D eigenvalue weighted by molar-refractivity contribution is 0.101. The van der Waals surface area contributed by atoms with Gasteiger partial charge >= 0.3 is 0 Å². The van der Waals surface area contributed by atoms with Crippen LogP contribution in [0.15, 0.2) is 59.9 Å². The molecule has 0 amide bonds. The summed E-state index contributed by atoms with van der Waals surface area (Å²) in [5.74, 6) is 1.63. The van der Waals surface area contributed by atoms with E-state index in [-0.39, 0.29) is 5.78 Å². The van der Waals surface area contributed by atoms with E-state index >= 15 is 0 Å². The number of Topliss-reactive ketones (excluding diaryl/α,β-unsaturated/α-hetero) is 1. The van der Waals surface area contributed by atoms with Gasteiger partial charge in [-0.05, 0) is 37.1 Å². The van der Waals surface area contributed by atoms with Crippen LogP contribution >= 0.6 is 0 Å². The third-order valence-electron chi connectivity index (χ3n) is 3.32. The first kappa shape index (κ1) is 13.4. The first-order valence-corrected chi connectivity index (χ1v) is 6.86. The molecule has 0 radical (unpaired) electrons. The maximum atomic E-state index is 12.1. The van der Waals surface area contributed by atoms with Crippen molar-refractivity contribution < 1.29 is 14.3 Å². The summed E-state index contributed by atoms with van der Waals surface area (Å²) < 4.78 is 11.4. The Morgan fingerprint density at radius 2 is 1.86 bits per heavy atom. The fourth-order valence-corrected chi connectivity index (χ4v) is 2.21. The van der Waals surface area contributed by atoms with Crippen LogP contribution in [0.5, 0.6) is 11.5 Å². The quantitative estimate of drug-likeness (QED) is 0.793. The van der Waals surface area contributed by atoms with E-state index in [0.29, 0.717) is 29.4 Å². The summed E-state index contributed by atoms with van der Waals surface area (Å²) in [4.78, 5) is 12.1. The zero-order valence-electron chi connectivity index (χ0n) is 12.1. The lowest BCUT2D eigenvalue weighted by Gasteiger charge is -2.07. The van der Waals surface area contributed by atoms with Crippen molar-refractivity contribution in [2.45, 2.75) is 20.5 Å². The van der Waals surface area contributed by atoms with Gasteiger partial charge in [0.1, 0.15) is 18.1 Å². The highest BCUT2D eigenvalue weighted by atomic mass is 16.5. The third kappa shape index (κ3) is 2.68. The van der Waals surface area contributed by atoms with E-state index in [4.69, 9.17) is 9.47 Å². The number of hydrogen-bond donors (Lipinski definition) is 0. The molecule has 3 nitrogen and oxygen atoms in total. The fourth-order valence-electron chi connectivity index (χ4n) is 2.21. The van der Waals surface area contributed by atoms with Gasteiger partial charge in [-0.3, -0.25) is 4.79 Å². The standard InChI is InChI=1S/C18H16O3/c1-12(2)18-17(19)15-9-8-14(10-16(15)21-18)20-11-13-6-4-3-5-7-13/h3-10H,11H2,1-2H3. The number of rotatable bonds is 3. The summed E-state index contributed by atoms with van der Waals surface area (Å²) in [7, 11) is 0. The molecule has 1 heterocycles. The van der Waals surface area contributed by atoms with Gasteiger partial charge in [0.2, 0.25) is 5.78 Å². The van der Waals surface area contributed by atoms with Crippen LogP contribution in [0.3, 0.4) is 0 Å². The summed E-state index contributed by atoms with van der Waals surface area (Å²) in [6.07, 6.45) is 0. The van der Waals surface area contributed by atoms with Crippen LogP contribution in [-0.2, 0) is 6.61 Å². The maximum absolute atomic E-state index is 12.1. The Balaban J connectivity index is 1.78. The van der Waals surface area contributed by atoms with Crippen molar-refractivity contribution in [2.24, 2.45) is 0 Å².